The summed E-state index contributed by atoms with van der Waals surface area (Å²) in [5.74, 6) is 1.88. The van der Waals surface area contributed by atoms with Crippen molar-refractivity contribution in [1.29, 1.82) is 0 Å². The van der Waals surface area contributed by atoms with Crippen LogP contribution in [0.1, 0.15) is 45.9 Å². The second-order valence-electron chi connectivity index (χ2n) is 7.41. The fourth-order valence-electron chi connectivity index (χ4n) is 3.10. The highest BCUT2D eigenvalue weighted by atomic mass is 32.2. The number of aryl methyl sites for hydroxylation is 3. The molecule has 0 unspecified atom stereocenters. The molecule has 0 saturated carbocycles. The monoisotopic (exact) mass is 404 g/mol. The Morgan fingerprint density at radius 3 is 2.64 bits per heavy atom. The molecule has 0 aliphatic heterocycles. The van der Waals surface area contributed by atoms with Gasteiger partial charge in [0.25, 0.3) is 5.56 Å². The van der Waals surface area contributed by atoms with Crippen molar-refractivity contribution in [1.82, 2.24) is 28.7 Å². The lowest BCUT2D eigenvalue weighted by atomic mass is 10.1. The van der Waals surface area contributed by atoms with Crippen LogP contribution in [0.3, 0.4) is 0 Å². The van der Waals surface area contributed by atoms with Crippen molar-refractivity contribution in [2.75, 3.05) is 0 Å². The standard InChI is InChI=1S/C19H28N6O2S/c1-5-6-9-25-16-15(17(26)22-18(25)27)24(10-7-13(2)3)14(21-16)12-28-19-20-8-11-23(19)4/h8,11,13H,5-7,9-10,12H2,1-4H3,(H,22,26,27). The third-order valence-corrected chi connectivity index (χ3v) is 5.79. The Kier molecular flexibility index (Phi) is 6.43. The zero-order valence-electron chi connectivity index (χ0n) is 16.9. The second-order valence-corrected chi connectivity index (χ2v) is 8.35. The molecule has 0 atom stereocenters. The van der Waals surface area contributed by atoms with Crippen molar-refractivity contribution < 1.29 is 0 Å². The number of rotatable bonds is 9. The van der Waals surface area contributed by atoms with Gasteiger partial charge in [-0.2, -0.15) is 0 Å². The second kappa shape index (κ2) is 8.81. The maximum atomic E-state index is 12.6. The van der Waals surface area contributed by atoms with Gasteiger partial charge in [-0.3, -0.25) is 14.3 Å². The van der Waals surface area contributed by atoms with Crippen LogP contribution < -0.4 is 11.2 Å². The topological polar surface area (TPSA) is 90.5 Å². The van der Waals surface area contributed by atoms with E-state index in [1.54, 1.807) is 22.5 Å². The lowest BCUT2D eigenvalue weighted by Crippen LogP contribution is -2.31. The lowest BCUT2D eigenvalue weighted by molar-refractivity contribution is 0.515. The molecule has 0 amide bonds. The third kappa shape index (κ3) is 4.24. The quantitative estimate of drug-likeness (QED) is 0.554. The zero-order chi connectivity index (χ0) is 20.3. The molecule has 3 heterocycles. The van der Waals surface area contributed by atoms with E-state index in [9.17, 15) is 9.59 Å². The number of unbranched alkanes of at least 4 members (excludes halogenated alkanes) is 1. The highest BCUT2D eigenvalue weighted by Crippen LogP contribution is 2.23. The first-order valence-electron chi connectivity index (χ1n) is 9.74. The molecule has 0 aliphatic rings. The van der Waals surface area contributed by atoms with Crippen LogP contribution in [0.5, 0.6) is 0 Å². The van der Waals surface area contributed by atoms with Crippen molar-refractivity contribution >= 4 is 22.9 Å². The van der Waals surface area contributed by atoms with Crippen molar-refractivity contribution in [3.63, 3.8) is 0 Å². The van der Waals surface area contributed by atoms with Crippen LogP contribution in [0.2, 0.25) is 0 Å². The summed E-state index contributed by atoms with van der Waals surface area (Å²) in [6.45, 7) is 7.63. The number of aromatic amines is 1. The molecule has 3 aromatic heterocycles. The first-order valence-corrected chi connectivity index (χ1v) is 10.7. The average Bonchev–Trinajstić information content (AvgIpc) is 3.21. The highest BCUT2D eigenvalue weighted by molar-refractivity contribution is 7.98. The molecule has 8 nitrogen and oxygen atoms in total. The number of nitrogens with one attached hydrogen (secondary N) is 1. The predicted molar refractivity (Wildman–Crippen MR) is 112 cm³/mol. The summed E-state index contributed by atoms with van der Waals surface area (Å²) >= 11 is 1.57. The Bertz CT molecular complexity index is 1060. The van der Waals surface area contributed by atoms with Crippen molar-refractivity contribution in [2.24, 2.45) is 13.0 Å². The molecule has 0 saturated heterocycles. The molecule has 0 bridgehead atoms. The fraction of sp³-hybridized carbons (Fsp3) is 0.579. The largest absolute Gasteiger partial charge is 0.330 e. The van der Waals surface area contributed by atoms with Gasteiger partial charge in [-0.25, -0.2) is 14.8 Å². The van der Waals surface area contributed by atoms with Crippen molar-refractivity contribution in [2.45, 2.75) is 64.0 Å². The van der Waals surface area contributed by atoms with E-state index in [0.29, 0.717) is 35.9 Å². The van der Waals surface area contributed by atoms with Gasteiger partial charge in [-0.1, -0.05) is 39.0 Å². The summed E-state index contributed by atoms with van der Waals surface area (Å²) < 4.78 is 5.53. The molecule has 28 heavy (non-hydrogen) atoms. The Hall–Kier alpha value is -2.29. The van der Waals surface area contributed by atoms with Gasteiger partial charge in [0.1, 0.15) is 5.82 Å². The Balaban J connectivity index is 2.08. The van der Waals surface area contributed by atoms with Gasteiger partial charge in [0.2, 0.25) is 0 Å². The van der Waals surface area contributed by atoms with Gasteiger partial charge in [0.15, 0.2) is 16.3 Å². The van der Waals surface area contributed by atoms with Gasteiger partial charge in [-0.05, 0) is 18.8 Å². The number of hydrogen-bond acceptors (Lipinski definition) is 5. The van der Waals surface area contributed by atoms with Crippen LogP contribution in [-0.4, -0.2) is 28.7 Å². The van der Waals surface area contributed by atoms with Crippen LogP contribution in [0.4, 0.5) is 0 Å². The molecule has 9 heteroatoms. The van der Waals surface area contributed by atoms with E-state index < -0.39 is 0 Å². The summed E-state index contributed by atoms with van der Waals surface area (Å²) in [6.07, 6.45) is 6.41. The Labute approximate surface area is 168 Å². The SMILES string of the molecule is CCCCn1c(=O)[nH]c(=O)c2c1nc(CSc1nccn1C)n2CCC(C)C. The van der Waals surface area contributed by atoms with Gasteiger partial charge in [0, 0.05) is 32.5 Å². The first-order chi connectivity index (χ1) is 13.4. The lowest BCUT2D eigenvalue weighted by Gasteiger charge is -2.11. The van der Waals surface area contributed by atoms with E-state index in [0.717, 1.165) is 30.2 Å². The molecule has 0 aromatic carbocycles. The maximum Gasteiger partial charge on any atom is 0.330 e. The van der Waals surface area contributed by atoms with Gasteiger partial charge < -0.3 is 9.13 Å². The molecule has 0 aliphatic carbocycles. The molecule has 152 valence electrons. The molecule has 3 rings (SSSR count). The van der Waals surface area contributed by atoms with Crippen LogP contribution >= 0.6 is 11.8 Å². The van der Waals surface area contributed by atoms with E-state index in [1.807, 2.05) is 22.4 Å². The third-order valence-electron chi connectivity index (χ3n) is 4.74. The minimum absolute atomic E-state index is 0.364. The minimum Gasteiger partial charge on any atom is -0.329 e. The predicted octanol–water partition coefficient (Wildman–Crippen LogP) is 2.76. The van der Waals surface area contributed by atoms with E-state index in [1.165, 1.54) is 0 Å². The molecule has 0 spiro atoms. The normalized spacial score (nSPS) is 11.8. The summed E-state index contributed by atoms with van der Waals surface area (Å²) in [7, 11) is 1.95. The molecule has 0 fully saturated rings. The van der Waals surface area contributed by atoms with E-state index >= 15 is 0 Å². The van der Waals surface area contributed by atoms with E-state index in [4.69, 9.17) is 4.98 Å². The summed E-state index contributed by atoms with van der Waals surface area (Å²) in [4.78, 5) is 36.6. The van der Waals surface area contributed by atoms with Crippen molar-refractivity contribution in [3.8, 4) is 0 Å². The molecule has 0 radical (unpaired) electrons. The van der Waals surface area contributed by atoms with Crippen LogP contribution in [0, 0.1) is 5.92 Å². The minimum atomic E-state index is -0.386. The molecular formula is C19H28N6O2S. The Morgan fingerprint density at radius 2 is 2.00 bits per heavy atom. The first kappa shape index (κ1) is 20.4. The number of nitrogens with zero attached hydrogens (tertiary/aromatic N) is 5. The zero-order valence-corrected chi connectivity index (χ0v) is 17.8. The number of H-pyrrole nitrogens is 1. The molecular weight excluding hydrogens is 376 g/mol. The highest BCUT2D eigenvalue weighted by Gasteiger charge is 2.19. The Morgan fingerprint density at radius 1 is 1.21 bits per heavy atom. The smallest absolute Gasteiger partial charge is 0.329 e. The number of hydrogen-bond donors (Lipinski definition) is 1. The summed E-state index contributed by atoms with van der Waals surface area (Å²) in [5, 5.41) is 0.889. The molecule has 3 aromatic rings. The van der Waals surface area contributed by atoms with Crippen LogP contribution in [-0.2, 0) is 25.9 Å². The van der Waals surface area contributed by atoms with Gasteiger partial charge in [-0.15, -0.1) is 0 Å². The summed E-state index contributed by atoms with van der Waals surface area (Å²) in [5.41, 5.74) is 0.230. The van der Waals surface area contributed by atoms with E-state index in [-0.39, 0.29) is 11.2 Å². The maximum absolute atomic E-state index is 12.6. The summed E-state index contributed by atoms with van der Waals surface area (Å²) in [6, 6.07) is 0. The van der Waals surface area contributed by atoms with Crippen LogP contribution in [0.15, 0.2) is 27.1 Å². The number of thioether (sulfide) groups is 1. The number of imidazole rings is 2. The van der Waals surface area contributed by atoms with E-state index in [2.05, 4.69) is 30.7 Å². The van der Waals surface area contributed by atoms with Crippen molar-refractivity contribution in [3.05, 3.63) is 39.1 Å². The fourth-order valence-corrected chi connectivity index (χ4v) is 3.98. The average molecular weight is 405 g/mol. The van der Waals surface area contributed by atoms with Gasteiger partial charge in [0.05, 0.1) is 5.75 Å². The number of fused-ring (bicyclic) bond motifs is 1. The number of aromatic nitrogens is 6. The van der Waals surface area contributed by atoms with Gasteiger partial charge >= 0.3 is 5.69 Å². The van der Waals surface area contributed by atoms with Crippen LogP contribution in [0.25, 0.3) is 11.2 Å². The molecule has 1 N–H and O–H groups in total.